The molecule has 0 aliphatic carbocycles. The second kappa shape index (κ2) is 7.98. The molecule has 0 unspecified atom stereocenters. The SMILES string of the molecule is Cc1ccc(NC(=O)Cn2nc(C)c(S(=O)(=O)N3CCOCC3)c2C)cc1F. The van der Waals surface area contributed by atoms with Gasteiger partial charge in [0.05, 0.1) is 24.6 Å². The number of aromatic nitrogens is 2. The first-order valence-corrected chi connectivity index (χ1v) is 10.3. The Morgan fingerprint density at radius 3 is 2.57 bits per heavy atom. The van der Waals surface area contributed by atoms with Crippen LogP contribution in [0, 0.1) is 26.6 Å². The molecule has 0 bridgehead atoms. The van der Waals surface area contributed by atoms with E-state index < -0.39 is 21.7 Å². The number of hydrogen-bond donors (Lipinski definition) is 1. The minimum absolute atomic E-state index is 0.114. The molecule has 28 heavy (non-hydrogen) atoms. The summed E-state index contributed by atoms with van der Waals surface area (Å²) in [6.45, 7) is 5.93. The zero-order valence-corrected chi connectivity index (χ0v) is 16.8. The Labute approximate surface area is 163 Å². The highest BCUT2D eigenvalue weighted by Crippen LogP contribution is 2.24. The molecule has 2 aromatic rings. The van der Waals surface area contributed by atoms with Gasteiger partial charge < -0.3 is 10.1 Å². The summed E-state index contributed by atoms with van der Waals surface area (Å²) < 4.78 is 47.5. The van der Waals surface area contributed by atoms with Crippen molar-refractivity contribution in [1.82, 2.24) is 14.1 Å². The van der Waals surface area contributed by atoms with E-state index in [-0.39, 0.29) is 24.5 Å². The Kier molecular flexibility index (Phi) is 5.82. The van der Waals surface area contributed by atoms with E-state index in [2.05, 4.69) is 10.4 Å². The van der Waals surface area contributed by atoms with Crippen molar-refractivity contribution in [3.8, 4) is 0 Å². The maximum absolute atomic E-state index is 13.6. The van der Waals surface area contributed by atoms with Gasteiger partial charge in [-0.3, -0.25) is 9.48 Å². The van der Waals surface area contributed by atoms with E-state index in [1.54, 1.807) is 32.9 Å². The van der Waals surface area contributed by atoms with E-state index in [4.69, 9.17) is 4.74 Å². The zero-order chi connectivity index (χ0) is 20.5. The number of halogens is 1. The molecule has 1 aliphatic rings. The van der Waals surface area contributed by atoms with Gasteiger partial charge in [0, 0.05) is 18.8 Å². The van der Waals surface area contributed by atoms with Crippen molar-refractivity contribution in [2.24, 2.45) is 0 Å². The Balaban J connectivity index is 1.79. The molecular formula is C18H23FN4O4S. The monoisotopic (exact) mass is 410 g/mol. The minimum Gasteiger partial charge on any atom is -0.379 e. The van der Waals surface area contributed by atoms with Crippen LogP contribution in [0.15, 0.2) is 23.1 Å². The summed E-state index contributed by atoms with van der Waals surface area (Å²) in [5.41, 5.74) is 1.53. The molecule has 10 heteroatoms. The van der Waals surface area contributed by atoms with Crippen molar-refractivity contribution in [3.05, 3.63) is 41.0 Å². The number of hydrogen-bond acceptors (Lipinski definition) is 5. The average Bonchev–Trinajstić information content (AvgIpc) is 2.92. The van der Waals surface area contributed by atoms with Crippen LogP contribution >= 0.6 is 0 Å². The molecule has 0 saturated carbocycles. The highest BCUT2D eigenvalue weighted by molar-refractivity contribution is 7.89. The normalized spacial score (nSPS) is 15.6. The Morgan fingerprint density at radius 1 is 1.25 bits per heavy atom. The first-order chi connectivity index (χ1) is 13.2. The standard InChI is InChI=1S/C18H23FN4O4S/c1-12-4-5-15(10-16(12)19)20-17(24)11-23-14(3)18(13(2)21-23)28(25,26)22-6-8-27-9-7-22/h4-5,10H,6-9,11H2,1-3H3,(H,20,24). The van der Waals surface area contributed by atoms with Crippen LogP contribution in [0.5, 0.6) is 0 Å². The number of anilines is 1. The van der Waals surface area contributed by atoms with Crippen LogP contribution in [0.4, 0.5) is 10.1 Å². The molecule has 0 radical (unpaired) electrons. The van der Waals surface area contributed by atoms with Gasteiger partial charge >= 0.3 is 0 Å². The number of sulfonamides is 1. The maximum Gasteiger partial charge on any atom is 0.246 e. The van der Waals surface area contributed by atoms with E-state index in [1.165, 1.54) is 15.1 Å². The molecule has 1 fully saturated rings. The van der Waals surface area contributed by atoms with Gasteiger partial charge in [-0.15, -0.1) is 0 Å². The van der Waals surface area contributed by atoms with Crippen LogP contribution < -0.4 is 5.32 Å². The predicted molar refractivity (Wildman–Crippen MR) is 101 cm³/mol. The fourth-order valence-electron chi connectivity index (χ4n) is 3.13. The third kappa shape index (κ3) is 4.08. The minimum atomic E-state index is -3.72. The van der Waals surface area contributed by atoms with Gasteiger partial charge in [-0.25, -0.2) is 12.8 Å². The largest absolute Gasteiger partial charge is 0.379 e. The summed E-state index contributed by atoms with van der Waals surface area (Å²) >= 11 is 0. The summed E-state index contributed by atoms with van der Waals surface area (Å²) in [7, 11) is -3.72. The van der Waals surface area contributed by atoms with Crippen molar-refractivity contribution < 1.29 is 22.3 Å². The lowest BCUT2D eigenvalue weighted by molar-refractivity contribution is -0.116. The van der Waals surface area contributed by atoms with Crippen LogP contribution in [-0.2, 0) is 26.1 Å². The van der Waals surface area contributed by atoms with Gasteiger partial charge in [0.1, 0.15) is 17.3 Å². The molecule has 1 amide bonds. The van der Waals surface area contributed by atoms with Gasteiger partial charge in [-0.05, 0) is 38.5 Å². The van der Waals surface area contributed by atoms with Crippen LogP contribution in [0.3, 0.4) is 0 Å². The third-order valence-corrected chi connectivity index (χ3v) is 6.78. The summed E-state index contributed by atoms with van der Waals surface area (Å²) in [5, 5.41) is 6.83. The van der Waals surface area contributed by atoms with E-state index in [9.17, 15) is 17.6 Å². The number of amides is 1. The highest BCUT2D eigenvalue weighted by Gasteiger charge is 2.32. The summed E-state index contributed by atoms with van der Waals surface area (Å²) in [6, 6.07) is 4.41. The number of nitrogens with zero attached hydrogens (tertiary/aromatic N) is 3. The lowest BCUT2D eigenvalue weighted by atomic mass is 10.2. The molecule has 152 valence electrons. The summed E-state index contributed by atoms with van der Waals surface area (Å²) in [6.07, 6.45) is 0. The Bertz CT molecular complexity index is 997. The van der Waals surface area contributed by atoms with Crippen LogP contribution in [0.2, 0.25) is 0 Å². The average molecular weight is 410 g/mol. The van der Waals surface area contributed by atoms with E-state index in [1.807, 2.05) is 0 Å². The van der Waals surface area contributed by atoms with E-state index in [0.717, 1.165) is 0 Å². The first kappa shape index (κ1) is 20.4. The lowest BCUT2D eigenvalue weighted by Crippen LogP contribution is -2.41. The second-order valence-corrected chi connectivity index (χ2v) is 8.56. The topological polar surface area (TPSA) is 93.5 Å². The van der Waals surface area contributed by atoms with Gasteiger partial charge in [0.15, 0.2) is 0 Å². The fraction of sp³-hybridized carbons (Fsp3) is 0.444. The zero-order valence-electron chi connectivity index (χ0n) is 16.0. The van der Waals surface area contributed by atoms with Gasteiger partial charge in [-0.1, -0.05) is 6.07 Å². The van der Waals surface area contributed by atoms with Crippen molar-refractivity contribution in [3.63, 3.8) is 0 Å². The smallest absolute Gasteiger partial charge is 0.246 e. The molecular weight excluding hydrogens is 387 g/mol. The van der Waals surface area contributed by atoms with Crippen molar-refractivity contribution in [2.45, 2.75) is 32.2 Å². The van der Waals surface area contributed by atoms with Crippen LogP contribution in [0.25, 0.3) is 0 Å². The molecule has 1 aromatic carbocycles. The Morgan fingerprint density at radius 2 is 1.93 bits per heavy atom. The molecule has 1 aromatic heterocycles. The van der Waals surface area contributed by atoms with E-state index in [0.29, 0.717) is 35.9 Å². The molecule has 8 nitrogen and oxygen atoms in total. The maximum atomic E-state index is 13.6. The van der Waals surface area contributed by atoms with E-state index >= 15 is 0 Å². The quantitative estimate of drug-likeness (QED) is 0.808. The number of rotatable bonds is 5. The highest BCUT2D eigenvalue weighted by atomic mass is 32.2. The first-order valence-electron chi connectivity index (χ1n) is 8.88. The summed E-state index contributed by atoms with van der Waals surface area (Å²) in [5.74, 6) is -0.841. The third-order valence-electron chi connectivity index (χ3n) is 4.63. The van der Waals surface area contributed by atoms with Gasteiger partial charge in [0.2, 0.25) is 15.9 Å². The second-order valence-electron chi connectivity index (χ2n) is 6.69. The lowest BCUT2D eigenvalue weighted by Gasteiger charge is -2.26. The molecule has 0 spiro atoms. The number of nitrogens with one attached hydrogen (secondary N) is 1. The molecule has 2 heterocycles. The van der Waals surface area contributed by atoms with Crippen molar-refractivity contribution >= 4 is 21.6 Å². The number of aryl methyl sites for hydroxylation is 2. The summed E-state index contributed by atoms with van der Waals surface area (Å²) in [4.78, 5) is 12.4. The molecule has 1 aliphatic heterocycles. The number of carbonyl (C=O) groups is 1. The van der Waals surface area contributed by atoms with Crippen molar-refractivity contribution in [2.75, 3.05) is 31.6 Å². The van der Waals surface area contributed by atoms with Gasteiger partial charge in [-0.2, -0.15) is 9.40 Å². The fourth-order valence-corrected chi connectivity index (χ4v) is 4.91. The molecule has 3 rings (SSSR count). The number of carbonyl (C=O) groups excluding carboxylic acids is 1. The molecule has 1 N–H and O–H groups in total. The van der Waals surface area contributed by atoms with Crippen LogP contribution in [-0.4, -0.2) is 54.7 Å². The number of morpholine rings is 1. The van der Waals surface area contributed by atoms with Crippen LogP contribution in [0.1, 0.15) is 17.0 Å². The van der Waals surface area contributed by atoms with Gasteiger partial charge in [0.25, 0.3) is 0 Å². The molecule has 0 atom stereocenters. The number of benzene rings is 1. The predicted octanol–water partition coefficient (Wildman–Crippen LogP) is 1.61. The molecule has 1 saturated heterocycles. The number of ether oxygens (including phenoxy) is 1. The van der Waals surface area contributed by atoms with Crippen molar-refractivity contribution in [1.29, 1.82) is 0 Å². The Hall–Kier alpha value is -2.30.